The maximum absolute atomic E-state index is 14.3. The van der Waals surface area contributed by atoms with Crippen LogP contribution in [0.5, 0.6) is 0 Å². The first-order valence-corrected chi connectivity index (χ1v) is 26.7. The van der Waals surface area contributed by atoms with E-state index in [0.717, 1.165) is 51.5 Å². The minimum atomic E-state index is -2.33. The second-order valence-electron chi connectivity index (χ2n) is 21.6. The first-order valence-electron chi connectivity index (χ1n) is 26.7. The van der Waals surface area contributed by atoms with Crippen molar-refractivity contribution in [3.63, 3.8) is 0 Å². The zero-order valence-corrected chi connectivity index (χ0v) is 45.4. The summed E-state index contributed by atoms with van der Waals surface area (Å²) in [5.41, 5.74) is 1.51. The highest BCUT2D eigenvalue weighted by molar-refractivity contribution is 6.39. The molecule has 1 aliphatic carbocycles. The third-order valence-electron chi connectivity index (χ3n) is 16.2. The lowest BCUT2D eigenvalue weighted by Gasteiger charge is -2.50. The van der Waals surface area contributed by atoms with Crippen molar-refractivity contribution in [2.24, 2.45) is 41.4 Å². The number of nitrogens with zero attached hydrogens (tertiary/aromatic N) is 3. The van der Waals surface area contributed by atoms with E-state index in [1.165, 1.54) is 16.9 Å². The number of hydrogen-bond acceptors (Lipinski definition) is 14. The van der Waals surface area contributed by atoms with E-state index in [1.807, 2.05) is 58.2 Å². The maximum Gasteiger partial charge on any atom is 0.407 e. The van der Waals surface area contributed by atoms with Gasteiger partial charge in [-0.1, -0.05) is 82.6 Å². The quantitative estimate of drug-likeness (QED) is 0.137. The Labute approximate surface area is 434 Å². The van der Waals surface area contributed by atoms with Crippen LogP contribution in [0.15, 0.2) is 47.6 Å². The van der Waals surface area contributed by atoms with Gasteiger partial charge in [-0.25, -0.2) is 9.59 Å². The van der Waals surface area contributed by atoms with Gasteiger partial charge in [0, 0.05) is 84.1 Å². The monoisotopic (exact) mass is 1030 g/mol. The molecule has 14 atom stereocenters. The molecule has 17 heteroatoms. The number of hydrogen-bond donors (Lipinski definition) is 4. The topological polar surface area (TPSA) is 230 Å². The molecule has 2 amide bonds. The van der Waals surface area contributed by atoms with Gasteiger partial charge in [0.2, 0.25) is 5.79 Å². The summed E-state index contributed by atoms with van der Waals surface area (Å²) in [5, 5.41) is 38.8. The Balaban J connectivity index is 0.000000850. The van der Waals surface area contributed by atoms with Gasteiger partial charge in [-0.15, -0.1) is 0 Å². The molecule has 0 radical (unpaired) electrons. The summed E-state index contributed by atoms with van der Waals surface area (Å²) in [6.07, 6.45) is 15.5. The van der Waals surface area contributed by atoms with Gasteiger partial charge in [0.15, 0.2) is 5.78 Å². The molecule has 1 saturated carbocycles. The number of amides is 2. The smallest absolute Gasteiger partial charge is 0.407 e. The van der Waals surface area contributed by atoms with Crippen LogP contribution in [0, 0.1) is 41.4 Å². The van der Waals surface area contributed by atoms with Gasteiger partial charge in [-0.2, -0.15) is 0 Å². The van der Waals surface area contributed by atoms with Gasteiger partial charge >= 0.3 is 12.1 Å². The molecule has 0 aromatic carbocycles. The summed E-state index contributed by atoms with van der Waals surface area (Å²) in [4.78, 5) is 85.6. The third-order valence-corrected chi connectivity index (χ3v) is 16.2. The van der Waals surface area contributed by atoms with Gasteiger partial charge in [0.05, 0.1) is 12.2 Å². The zero-order chi connectivity index (χ0) is 54.2. The van der Waals surface area contributed by atoms with Crippen molar-refractivity contribution >= 4 is 35.3 Å². The van der Waals surface area contributed by atoms with Crippen molar-refractivity contribution in [3.8, 4) is 0 Å². The van der Waals surface area contributed by atoms with Crippen LogP contribution in [0.25, 0.3) is 0 Å². The molecular formula is C56H89N3O14. The normalized spacial score (nSPS) is 38.3. The van der Waals surface area contributed by atoms with E-state index in [9.17, 15) is 39.0 Å². The molecule has 4 bridgehead atoms. The second kappa shape index (κ2) is 29.3. The highest BCUT2D eigenvalue weighted by Crippen LogP contribution is 2.45. The largest absolute Gasteiger partial charge is 0.465 e. The van der Waals surface area contributed by atoms with Crippen molar-refractivity contribution in [1.29, 1.82) is 0 Å². The summed E-state index contributed by atoms with van der Waals surface area (Å²) >= 11 is 0. The molecule has 6 aliphatic rings. The van der Waals surface area contributed by atoms with Gasteiger partial charge < -0.3 is 54.1 Å². The minimum absolute atomic E-state index is 0.0663. The molecule has 8 unspecified atom stereocenters. The van der Waals surface area contributed by atoms with E-state index in [4.69, 9.17) is 29.2 Å². The lowest BCUT2D eigenvalue weighted by molar-refractivity contribution is -0.263. The van der Waals surface area contributed by atoms with E-state index in [0.29, 0.717) is 70.0 Å². The fraction of sp³-hybridized carbons (Fsp3) is 0.750. The lowest BCUT2D eigenvalue weighted by Crippen LogP contribution is -2.65. The average Bonchev–Trinajstić information content (AvgIpc) is 3.37. The number of Topliss-reactive ketones (excluding diaryl/α,β-unsaturated/α-hetero) is 3. The number of aliphatic hydroxyl groups excluding tert-OH is 2. The standard InChI is InChI=1S/C49H73NO11.C6H12N2O2.CH4O/c1-29-14-10-9-11-15-30(2)24-32(4)43(52)45(59-8)44(53)33(5)25-31(3)40(51)28-41-39(27-35-16-12-17-37(26-35)58-7)38-18-13-23-50(42(38)48(56)60-41)47(55)46(54)49(57)34(6)20-22-36(61-49)21-19-29;1-7-2-4-8(5-3-7)6(9)10;1-2/h9-11,14-15,25,30-32,34-39,41-42,44-45,53,57H,12-13,16-24,26-28H2,1-8H3;2-5H2,1H3,(H,9,10);2H,1H3/b10-9+,15-11+,29-14+,33-25+;;/t30-,31-,32?,34?,35?,36-,37?,38-,39?,41+,42?,44?,45+,49?;;/m1../s1. The van der Waals surface area contributed by atoms with Crippen LogP contribution in [0.2, 0.25) is 0 Å². The maximum atomic E-state index is 14.3. The van der Waals surface area contributed by atoms with E-state index >= 15 is 0 Å². The first-order chi connectivity index (χ1) is 34.7. The Morgan fingerprint density at radius 1 is 0.849 bits per heavy atom. The number of aliphatic hydroxyl groups is 3. The van der Waals surface area contributed by atoms with Gasteiger partial charge in [-0.3, -0.25) is 19.2 Å². The fourth-order valence-electron chi connectivity index (χ4n) is 11.6. The Morgan fingerprint density at radius 3 is 2.21 bits per heavy atom. The third kappa shape index (κ3) is 16.7. The number of methoxy groups -OCH3 is 2. The average molecular weight is 1030 g/mol. The molecule has 17 nitrogen and oxygen atoms in total. The van der Waals surface area contributed by atoms with E-state index in [1.54, 1.807) is 34.0 Å². The number of likely N-dealkylation sites (N-methyl/N-ethyl adjacent to an activating group) is 1. The zero-order valence-electron chi connectivity index (χ0n) is 45.4. The van der Waals surface area contributed by atoms with E-state index in [-0.39, 0.29) is 54.3 Å². The minimum Gasteiger partial charge on any atom is -0.465 e. The molecule has 5 fully saturated rings. The number of carboxylic acid groups (broad SMARTS) is 1. The van der Waals surface area contributed by atoms with E-state index in [2.05, 4.69) is 4.90 Å². The summed E-state index contributed by atoms with van der Waals surface area (Å²) in [6, 6.07) is -1.04. The Kier molecular flexibility index (Phi) is 24.6. The molecular weight excluding hydrogens is 939 g/mol. The van der Waals surface area contributed by atoms with Gasteiger partial charge in [0.1, 0.15) is 30.1 Å². The number of allylic oxidation sites excluding steroid dienone is 7. The molecule has 5 heterocycles. The summed E-state index contributed by atoms with van der Waals surface area (Å²) in [6.45, 7) is 14.1. The number of fused-ring (bicyclic) bond motifs is 4. The molecule has 412 valence electrons. The predicted molar refractivity (Wildman–Crippen MR) is 276 cm³/mol. The Morgan fingerprint density at radius 2 is 1.55 bits per heavy atom. The Bertz CT molecular complexity index is 1980. The molecule has 4 saturated heterocycles. The van der Waals surface area contributed by atoms with E-state index < -0.39 is 77.8 Å². The number of rotatable bonds is 4. The van der Waals surface area contributed by atoms with Crippen molar-refractivity contribution in [3.05, 3.63) is 47.6 Å². The number of esters is 1. The number of ether oxygens (including phenoxy) is 4. The molecule has 5 aliphatic heterocycles. The van der Waals surface area contributed by atoms with Crippen LogP contribution in [-0.2, 0) is 42.9 Å². The summed E-state index contributed by atoms with van der Waals surface area (Å²) in [5.74, 6) is -7.48. The van der Waals surface area contributed by atoms with Crippen LogP contribution in [0.3, 0.4) is 0 Å². The van der Waals surface area contributed by atoms with Crippen molar-refractivity contribution in [2.75, 3.05) is 61.1 Å². The molecule has 0 aromatic rings. The second-order valence-corrected chi connectivity index (χ2v) is 21.6. The summed E-state index contributed by atoms with van der Waals surface area (Å²) in [7, 11) is 6.12. The first kappa shape index (κ1) is 61.4. The summed E-state index contributed by atoms with van der Waals surface area (Å²) < 4.78 is 23.7. The number of ketones is 3. The fourth-order valence-corrected chi connectivity index (χ4v) is 11.6. The van der Waals surface area contributed by atoms with Gasteiger partial charge in [0.25, 0.3) is 11.7 Å². The Hall–Kier alpha value is -4.10. The number of carbonyl (C=O) groups excluding carboxylic acids is 5. The highest BCUT2D eigenvalue weighted by Gasteiger charge is 2.56. The van der Waals surface area contributed by atoms with Crippen molar-refractivity contribution in [1.82, 2.24) is 14.7 Å². The van der Waals surface area contributed by atoms with Crippen molar-refractivity contribution in [2.45, 2.75) is 167 Å². The molecule has 4 N–H and O–H groups in total. The van der Waals surface area contributed by atoms with Crippen molar-refractivity contribution < 1.29 is 68.1 Å². The number of piperazine rings is 1. The molecule has 0 aromatic heterocycles. The highest BCUT2D eigenvalue weighted by atomic mass is 16.6. The predicted octanol–water partition coefficient (Wildman–Crippen LogP) is 6.33. The van der Waals surface area contributed by atoms with Gasteiger partial charge in [-0.05, 0) is 108 Å². The van der Waals surface area contributed by atoms with Crippen LogP contribution < -0.4 is 0 Å². The molecule has 6 rings (SSSR count). The number of piperidine rings is 1. The van der Waals surface area contributed by atoms with Crippen LogP contribution in [-0.4, -0.2) is 174 Å². The van der Waals surface area contributed by atoms with Crippen LogP contribution >= 0.6 is 0 Å². The SMILES string of the molecule is CN1CCN(C(=O)O)CC1.CO.COC1CCCC(CC2[C@H]3CCCN4C(=O)C(=O)C5(O)O[C@H](CC/C(C)=C/C=C/C=C/[C@@H](C)CC(C)C(=O)[C@H](OC)C(O)/C(C)=C/[C@@H](C)C(=O)C[C@@H]2OC(=O)C34)CCC5C)C1. The molecule has 73 heavy (non-hydrogen) atoms. The van der Waals surface area contributed by atoms with Crippen LogP contribution in [0.4, 0.5) is 4.79 Å². The number of carbonyl (C=O) groups is 6. The lowest BCUT2D eigenvalue weighted by atomic mass is 9.68. The van der Waals surface area contributed by atoms with Crippen LogP contribution in [0.1, 0.15) is 125 Å². The molecule has 0 spiro atoms.